The van der Waals surface area contributed by atoms with Crippen LogP contribution >= 0.6 is 0 Å². The van der Waals surface area contributed by atoms with Crippen molar-refractivity contribution in [3.05, 3.63) is 59.9 Å². The van der Waals surface area contributed by atoms with Crippen LogP contribution < -0.4 is 5.32 Å². The Morgan fingerprint density at radius 1 is 1.09 bits per heavy atom. The average molecular weight is 477 g/mol. The van der Waals surface area contributed by atoms with Crippen LogP contribution in [0.3, 0.4) is 0 Å². The molecule has 0 aliphatic carbocycles. The number of alkyl halides is 3. The number of piperazine rings is 1. The zero-order valence-electron chi connectivity index (χ0n) is 18.0. The summed E-state index contributed by atoms with van der Waals surface area (Å²) in [6, 6.07) is 7.91. The first-order chi connectivity index (χ1) is 16.3. The Hall–Kier alpha value is -3.67. The molecule has 3 aromatic rings. The topological polar surface area (TPSA) is 105 Å². The van der Waals surface area contributed by atoms with Gasteiger partial charge >= 0.3 is 6.18 Å². The predicted octanol–water partition coefficient (Wildman–Crippen LogP) is 2.81. The fraction of sp³-hybridized carbons (Fsp3) is 0.364. The van der Waals surface area contributed by atoms with E-state index in [4.69, 9.17) is 8.94 Å². The number of aromatic nitrogens is 2. The van der Waals surface area contributed by atoms with E-state index in [0.29, 0.717) is 32.7 Å². The van der Waals surface area contributed by atoms with Gasteiger partial charge in [-0.1, -0.05) is 17.3 Å². The minimum Gasteiger partial charge on any atom is -0.459 e. The van der Waals surface area contributed by atoms with Crippen LogP contribution in [0.25, 0.3) is 11.4 Å². The summed E-state index contributed by atoms with van der Waals surface area (Å²) >= 11 is 0. The van der Waals surface area contributed by atoms with Crippen molar-refractivity contribution >= 4 is 11.8 Å². The van der Waals surface area contributed by atoms with Crippen LogP contribution in [0.15, 0.2) is 51.6 Å². The number of hydrogen-bond acceptors (Lipinski definition) is 7. The van der Waals surface area contributed by atoms with Gasteiger partial charge in [0, 0.05) is 44.7 Å². The summed E-state index contributed by atoms with van der Waals surface area (Å²) in [7, 11) is 0. The summed E-state index contributed by atoms with van der Waals surface area (Å²) in [5.41, 5.74) is -0.558. The Morgan fingerprint density at radius 2 is 1.88 bits per heavy atom. The molecule has 2 amide bonds. The van der Waals surface area contributed by atoms with E-state index in [1.54, 1.807) is 17.0 Å². The summed E-state index contributed by atoms with van der Waals surface area (Å²) in [5, 5.41) is 6.44. The molecule has 2 aromatic heterocycles. The molecule has 1 aromatic carbocycles. The molecular weight excluding hydrogens is 455 g/mol. The molecule has 9 nitrogen and oxygen atoms in total. The third-order valence-corrected chi connectivity index (χ3v) is 5.37. The highest BCUT2D eigenvalue weighted by Crippen LogP contribution is 2.31. The van der Waals surface area contributed by atoms with Crippen molar-refractivity contribution in [2.24, 2.45) is 0 Å². The molecule has 0 atom stereocenters. The normalized spacial score (nSPS) is 14.9. The molecule has 4 rings (SSSR count). The van der Waals surface area contributed by atoms with Gasteiger partial charge in [-0.3, -0.25) is 14.5 Å². The number of benzene rings is 1. The third kappa shape index (κ3) is 5.81. The summed E-state index contributed by atoms with van der Waals surface area (Å²) in [5.74, 6) is 0.133. The Bertz CT molecular complexity index is 1120. The first-order valence-electron chi connectivity index (χ1n) is 10.6. The Morgan fingerprint density at radius 3 is 2.59 bits per heavy atom. The van der Waals surface area contributed by atoms with E-state index in [0.717, 1.165) is 12.1 Å². The van der Waals surface area contributed by atoms with Gasteiger partial charge in [-0.05, 0) is 24.3 Å². The van der Waals surface area contributed by atoms with Crippen molar-refractivity contribution in [3.8, 4) is 11.4 Å². The molecule has 12 heteroatoms. The number of furan rings is 1. The van der Waals surface area contributed by atoms with Gasteiger partial charge in [0.1, 0.15) is 0 Å². The molecule has 3 heterocycles. The number of halogens is 3. The van der Waals surface area contributed by atoms with Gasteiger partial charge in [-0.2, -0.15) is 18.2 Å². The zero-order chi connectivity index (χ0) is 24.1. The fourth-order valence-electron chi connectivity index (χ4n) is 3.55. The molecule has 0 radical (unpaired) electrons. The number of hydrogen-bond donors (Lipinski definition) is 1. The van der Waals surface area contributed by atoms with Crippen LogP contribution in [0, 0.1) is 0 Å². The van der Waals surface area contributed by atoms with Gasteiger partial charge in [-0.25, -0.2) is 0 Å². The first kappa shape index (κ1) is 23.5. The molecule has 180 valence electrons. The second-order valence-electron chi connectivity index (χ2n) is 7.73. The standard InChI is InChI=1S/C22H22F3N5O4/c23-22(24,25)16-4-1-3-15(13-16)20-27-18(34-28-20)14-29-8-10-30(11-9-29)19(31)6-7-26-21(32)17-5-2-12-33-17/h1-5,12-13H,6-11,14H2,(H,26,32). The lowest BCUT2D eigenvalue weighted by Crippen LogP contribution is -2.48. The van der Waals surface area contributed by atoms with Crippen LogP contribution in [-0.4, -0.2) is 64.5 Å². The SMILES string of the molecule is O=C(NCCC(=O)N1CCN(Cc2nc(-c3cccc(C(F)(F)F)c3)no2)CC1)c1ccco1. The number of carbonyl (C=O) groups excluding carboxylic acids is 2. The van der Waals surface area contributed by atoms with E-state index in [9.17, 15) is 22.8 Å². The van der Waals surface area contributed by atoms with Crippen molar-refractivity contribution in [1.29, 1.82) is 0 Å². The largest absolute Gasteiger partial charge is 0.459 e. The maximum atomic E-state index is 12.9. The molecular formula is C22H22F3N5O4. The monoisotopic (exact) mass is 477 g/mol. The van der Waals surface area contributed by atoms with Crippen LogP contribution in [0.4, 0.5) is 13.2 Å². The molecule has 1 aliphatic rings. The summed E-state index contributed by atoms with van der Waals surface area (Å²) in [4.78, 5) is 32.2. The molecule has 0 unspecified atom stereocenters. The number of carbonyl (C=O) groups is 2. The Balaban J connectivity index is 1.23. The smallest absolute Gasteiger partial charge is 0.416 e. The van der Waals surface area contributed by atoms with Gasteiger partial charge in [0.2, 0.25) is 17.6 Å². The van der Waals surface area contributed by atoms with E-state index in [1.807, 2.05) is 4.90 Å². The number of amides is 2. The van der Waals surface area contributed by atoms with E-state index >= 15 is 0 Å². The van der Waals surface area contributed by atoms with Crippen molar-refractivity contribution in [2.75, 3.05) is 32.7 Å². The number of rotatable bonds is 7. The molecule has 0 saturated carbocycles. The van der Waals surface area contributed by atoms with Crippen molar-refractivity contribution in [2.45, 2.75) is 19.1 Å². The predicted molar refractivity (Wildman–Crippen MR) is 112 cm³/mol. The Kier molecular flexibility index (Phi) is 6.96. The molecule has 0 spiro atoms. The first-order valence-corrected chi connectivity index (χ1v) is 10.6. The highest BCUT2D eigenvalue weighted by atomic mass is 19.4. The molecule has 0 bridgehead atoms. The number of nitrogens with zero attached hydrogens (tertiary/aromatic N) is 4. The molecule has 1 fully saturated rings. The summed E-state index contributed by atoms with van der Waals surface area (Å²) in [6.45, 7) is 2.68. The van der Waals surface area contributed by atoms with Crippen molar-refractivity contribution in [1.82, 2.24) is 25.3 Å². The maximum absolute atomic E-state index is 12.9. The lowest BCUT2D eigenvalue weighted by atomic mass is 10.1. The minimum atomic E-state index is -4.45. The lowest BCUT2D eigenvalue weighted by Gasteiger charge is -2.34. The highest BCUT2D eigenvalue weighted by Gasteiger charge is 2.31. The lowest BCUT2D eigenvalue weighted by molar-refractivity contribution is -0.137. The van der Waals surface area contributed by atoms with E-state index in [1.165, 1.54) is 18.4 Å². The second kappa shape index (κ2) is 10.1. The average Bonchev–Trinajstić information content (AvgIpc) is 3.52. The quantitative estimate of drug-likeness (QED) is 0.558. The van der Waals surface area contributed by atoms with Crippen molar-refractivity contribution in [3.63, 3.8) is 0 Å². The second-order valence-corrected chi connectivity index (χ2v) is 7.73. The minimum absolute atomic E-state index is 0.0657. The summed E-state index contributed by atoms with van der Waals surface area (Å²) < 4.78 is 49.0. The maximum Gasteiger partial charge on any atom is 0.416 e. The fourth-order valence-corrected chi connectivity index (χ4v) is 3.55. The van der Waals surface area contributed by atoms with Crippen LogP contribution in [0.1, 0.15) is 28.4 Å². The molecule has 1 saturated heterocycles. The van der Waals surface area contributed by atoms with Crippen LogP contribution in [0.2, 0.25) is 0 Å². The van der Waals surface area contributed by atoms with Crippen LogP contribution in [0.5, 0.6) is 0 Å². The Labute approximate surface area is 192 Å². The van der Waals surface area contributed by atoms with E-state index < -0.39 is 11.7 Å². The molecule has 1 N–H and O–H groups in total. The van der Waals surface area contributed by atoms with Gasteiger partial charge in [0.05, 0.1) is 18.4 Å². The third-order valence-electron chi connectivity index (χ3n) is 5.37. The highest BCUT2D eigenvalue weighted by molar-refractivity contribution is 5.91. The van der Waals surface area contributed by atoms with Gasteiger partial charge < -0.3 is 19.2 Å². The van der Waals surface area contributed by atoms with Gasteiger partial charge in [-0.15, -0.1) is 0 Å². The van der Waals surface area contributed by atoms with E-state index in [-0.39, 0.29) is 47.8 Å². The van der Waals surface area contributed by atoms with E-state index in [2.05, 4.69) is 15.5 Å². The van der Waals surface area contributed by atoms with Gasteiger partial charge in [0.15, 0.2) is 5.76 Å². The zero-order valence-corrected chi connectivity index (χ0v) is 18.0. The van der Waals surface area contributed by atoms with Crippen molar-refractivity contribution < 1.29 is 31.7 Å². The van der Waals surface area contributed by atoms with Crippen LogP contribution in [-0.2, 0) is 17.5 Å². The number of nitrogens with one attached hydrogen (secondary N) is 1. The summed E-state index contributed by atoms with van der Waals surface area (Å²) in [6.07, 6.45) is -2.87. The van der Waals surface area contributed by atoms with Gasteiger partial charge in [0.25, 0.3) is 5.91 Å². The molecule has 34 heavy (non-hydrogen) atoms. The molecule has 1 aliphatic heterocycles.